The molecule has 20 heavy (non-hydrogen) atoms. The van der Waals surface area contributed by atoms with Gasteiger partial charge in [-0.2, -0.15) is 0 Å². The molecule has 3 heteroatoms. The van der Waals surface area contributed by atoms with E-state index < -0.39 is 0 Å². The van der Waals surface area contributed by atoms with Crippen LogP contribution in [0.1, 0.15) is 58.1 Å². The van der Waals surface area contributed by atoms with Crippen molar-refractivity contribution in [2.45, 2.75) is 52.5 Å². The summed E-state index contributed by atoms with van der Waals surface area (Å²) in [6, 6.07) is 6.53. The number of ether oxygens (including phenoxy) is 1. The zero-order chi connectivity index (χ0) is 15.0. The summed E-state index contributed by atoms with van der Waals surface area (Å²) in [5.41, 5.74) is 1.27. The van der Waals surface area contributed by atoms with Gasteiger partial charge in [0.1, 0.15) is 5.75 Å². The largest absolute Gasteiger partial charge is 0.495 e. The monoisotopic (exact) mass is 297 g/mol. The smallest absolute Gasteiger partial charge is 0.137 e. The maximum atomic E-state index is 6.28. The van der Waals surface area contributed by atoms with Crippen molar-refractivity contribution in [3.05, 3.63) is 28.8 Å². The number of methoxy groups -OCH3 is 1. The highest BCUT2D eigenvalue weighted by Crippen LogP contribution is 2.33. The molecule has 0 aliphatic heterocycles. The van der Waals surface area contributed by atoms with E-state index in [1.54, 1.807) is 7.11 Å². The van der Waals surface area contributed by atoms with Crippen LogP contribution in [-0.2, 0) is 0 Å². The van der Waals surface area contributed by atoms with Gasteiger partial charge in [-0.05, 0) is 43.0 Å². The van der Waals surface area contributed by atoms with Crippen LogP contribution >= 0.6 is 11.6 Å². The first-order valence-electron chi connectivity index (χ1n) is 7.74. The third-order valence-electron chi connectivity index (χ3n) is 3.75. The fraction of sp³-hybridized carbons (Fsp3) is 0.647. The summed E-state index contributed by atoms with van der Waals surface area (Å²) in [6.45, 7) is 7.64. The van der Waals surface area contributed by atoms with Gasteiger partial charge in [0.2, 0.25) is 0 Å². The Balaban J connectivity index is 3.01. The lowest BCUT2D eigenvalue weighted by molar-refractivity contribution is 0.320. The minimum Gasteiger partial charge on any atom is -0.495 e. The van der Waals surface area contributed by atoms with Gasteiger partial charge in [0, 0.05) is 6.04 Å². The van der Waals surface area contributed by atoms with Gasteiger partial charge in [0.15, 0.2) is 0 Å². The Morgan fingerprint density at radius 3 is 2.25 bits per heavy atom. The van der Waals surface area contributed by atoms with E-state index in [-0.39, 0.29) is 0 Å². The van der Waals surface area contributed by atoms with Crippen molar-refractivity contribution in [2.24, 2.45) is 5.92 Å². The van der Waals surface area contributed by atoms with Crippen LogP contribution in [0.4, 0.5) is 0 Å². The van der Waals surface area contributed by atoms with E-state index in [0.717, 1.165) is 12.3 Å². The molecule has 0 saturated carbocycles. The summed E-state index contributed by atoms with van der Waals surface area (Å²) >= 11 is 6.28. The summed E-state index contributed by atoms with van der Waals surface area (Å²) < 4.78 is 5.24. The van der Waals surface area contributed by atoms with Gasteiger partial charge >= 0.3 is 0 Å². The second-order valence-corrected chi connectivity index (χ2v) is 5.67. The molecule has 1 atom stereocenters. The van der Waals surface area contributed by atoms with Crippen molar-refractivity contribution >= 4 is 11.6 Å². The number of hydrogen-bond acceptors (Lipinski definition) is 2. The van der Waals surface area contributed by atoms with Gasteiger partial charge in [-0.3, -0.25) is 0 Å². The summed E-state index contributed by atoms with van der Waals surface area (Å²) in [4.78, 5) is 0. The van der Waals surface area contributed by atoms with Gasteiger partial charge in [-0.25, -0.2) is 0 Å². The Hall–Kier alpha value is -0.730. The molecule has 1 aromatic rings. The molecule has 1 unspecified atom stereocenters. The topological polar surface area (TPSA) is 21.3 Å². The lowest BCUT2D eigenvalue weighted by atomic mass is 9.86. The van der Waals surface area contributed by atoms with E-state index in [4.69, 9.17) is 16.3 Å². The van der Waals surface area contributed by atoms with Crippen molar-refractivity contribution < 1.29 is 4.74 Å². The number of hydrogen-bond donors (Lipinski definition) is 1. The first-order valence-corrected chi connectivity index (χ1v) is 8.12. The molecule has 0 heterocycles. The lowest BCUT2D eigenvalue weighted by Crippen LogP contribution is -2.28. The highest BCUT2D eigenvalue weighted by Gasteiger charge is 2.21. The summed E-state index contributed by atoms with van der Waals surface area (Å²) in [7, 11) is 1.65. The van der Waals surface area contributed by atoms with Crippen LogP contribution in [0.5, 0.6) is 5.75 Å². The van der Waals surface area contributed by atoms with Crippen LogP contribution in [-0.4, -0.2) is 13.7 Å². The Kier molecular flexibility index (Phi) is 8.01. The Labute approximate surface area is 128 Å². The van der Waals surface area contributed by atoms with Crippen LogP contribution in [0.2, 0.25) is 5.02 Å². The van der Waals surface area contributed by atoms with Crippen molar-refractivity contribution in [3.63, 3.8) is 0 Å². The second kappa shape index (κ2) is 9.25. The molecule has 1 rings (SSSR count). The van der Waals surface area contributed by atoms with E-state index in [0.29, 0.717) is 17.0 Å². The summed E-state index contributed by atoms with van der Waals surface area (Å²) in [5.74, 6) is 1.41. The lowest BCUT2D eigenvalue weighted by Gasteiger charge is -2.28. The van der Waals surface area contributed by atoms with Crippen molar-refractivity contribution in [1.29, 1.82) is 0 Å². The van der Waals surface area contributed by atoms with Crippen molar-refractivity contribution in [1.82, 2.24) is 5.32 Å². The van der Waals surface area contributed by atoms with Gasteiger partial charge < -0.3 is 10.1 Å². The molecule has 0 aliphatic carbocycles. The van der Waals surface area contributed by atoms with E-state index in [2.05, 4.69) is 32.2 Å². The second-order valence-electron chi connectivity index (χ2n) is 5.27. The molecule has 114 valence electrons. The Bertz CT molecular complexity index is 389. The average Bonchev–Trinajstić information content (AvgIpc) is 2.44. The fourth-order valence-corrected chi connectivity index (χ4v) is 3.14. The van der Waals surface area contributed by atoms with Crippen LogP contribution in [0.15, 0.2) is 18.2 Å². The molecule has 2 nitrogen and oxygen atoms in total. The third-order valence-corrected chi connectivity index (χ3v) is 4.04. The zero-order valence-corrected chi connectivity index (χ0v) is 14.0. The third kappa shape index (κ3) is 4.68. The molecule has 1 aromatic carbocycles. The molecular weight excluding hydrogens is 270 g/mol. The van der Waals surface area contributed by atoms with E-state index in [9.17, 15) is 0 Å². The number of rotatable bonds is 9. The maximum Gasteiger partial charge on any atom is 0.137 e. The molecule has 0 aliphatic rings. The van der Waals surface area contributed by atoms with E-state index in [1.165, 1.54) is 31.2 Å². The predicted molar refractivity (Wildman–Crippen MR) is 87.7 cm³/mol. The molecular formula is C17H28ClNO. The van der Waals surface area contributed by atoms with Gasteiger partial charge in [-0.15, -0.1) is 0 Å². The average molecular weight is 298 g/mol. The minimum atomic E-state index is 0.378. The maximum absolute atomic E-state index is 6.28. The van der Waals surface area contributed by atoms with Gasteiger partial charge in [0.05, 0.1) is 12.1 Å². The van der Waals surface area contributed by atoms with Gasteiger partial charge in [-0.1, -0.05) is 51.3 Å². The summed E-state index contributed by atoms with van der Waals surface area (Å²) in [6.07, 6.45) is 4.93. The molecule has 0 aromatic heterocycles. The minimum absolute atomic E-state index is 0.378. The molecule has 0 radical (unpaired) electrons. The first-order chi connectivity index (χ1) is 9.67. The quantitative estimate of drug-likeness (QED) is 0.675. The standard InChI is InChI=1S/C17H28ClNO/c1-5-8-13(9-6-2)17(19-7-3)14-10-11-16(20-4)15(18)12-14/h10-13,17,19H,5-9H2,1-4H3. The normalized spacial score (nSPS) is 12.7. The van der Waals surface area contributed by atoms with Crippen LogP contribution in [0, 0.1) is 5.92 Å². The molecule has 0 spiro atoms. The van der Waals surface area contributed by atoms with Crippen molar-refractivity contribution in [2.75, 3.05) is 13.7 Å². The van der Waals surface area contributed by atoms with Crippen LogP contribution < -0.4 is 10.1 Å². The molecule has 0 amide bonds. The highest BCUT2D eigenvalue weighted by atomic mass is 35.5. The molecule has 1 N–H and O–H groups in total. The SMILES string of the molecule is CCCC(CCC)C(NCC)c1ccc(OC)c(Cl)c1. The van der Waals surface area contributed by atoms with Crippen LogP contribution in [0.3, 0.4) is 0 Å². The molecule has 0 bridgehead atoms. The number of benzene rings is 1. The zero-order valence-electron chi connectivity index (χ0n) is 13.2. The first kappa shape index (κ1) is 17.3. The Morgan fingerprint density at radius 1 is 1.15 bits per heavy atom. The predicted octanol–water partition coefficient (Wildman–Crippen LogP) is 5.22. The number of nitrogens with one attached hydrogen (secondary N) is 1. The summed E-state index contributed by atoms with van der Waals surface area (Å²) in [5, 5.41) is 4.33. The van der Waals surface area contributed by atoms with Gasteiger partial charge in [0.25, 0.3) is 0 Å². The van der Waals surface area contributed by atoms with Crippen molar-refractivity contribution in [3.8, 4) is 5.75 Å². The fourth-order valence-electron chi connectivity index (χ4n) is 2.87. The Morgan fingerprint density at radius 2 is 1.80 bits per heavy atom. The number of halogens is 1. The molecule has 0 fully saturated rings. The molecule has 0 saturated heterocycles. The van der Waals surface area contributed by atoms with E-state index >= 15 is 0 Å². The van der Waals surface area contributed by atoms with E-state index in [1.807, 2.05) is 12.1 Å². The van der Waals surface area contributed by atoms with Crippen LogP contribution in [0.25, 0.3) is 0 Å². The highest BCUT2D eigenvalue weighted by molar-refractivity contribution is 6.32.